The predicted octanol–water partition coefficient (Wildman–Crippen LogP) is 2.51. The number of carbonyl (C=O) groups excluding carboxylic acids is 1. The molecule has 1 heterocycles. The van der Waals surface area contributed by atoms with Gasteiger partial charge in [0.15, 0.2) is 0 Å². The Balaban J connectivity index is 1.58. The topological polar surface area (TPSA) is 41.6 Å². The molecular formula is C17H24N2O2. The molecule has 0 radical (unpaired) electrons. The summed E-state index contributed by atoms with van der Waals surface area (Å²) in [6.07, 6.45) is 4.20. The molecule has 3 rings (SSSR count). The van der Waals surface area contributed by atoms with Crippen molar-refractivity contribution in [3.63, 3.8) is 0 Å². The molecule has 4 nitrogen and oxygen atoms in total. The molecule has 2 atom stereocenters. The van der Waals surface area contributed by atoms with Crippen molar-refractivity contribution in [2.24, 2.45) is 5.92 Å². The number of hydrogen-bond acceptors (Lipinski definition) is 3. The Labute approximate surface area is 126 Å². The lowest BCUT2D eigenvalue weighted by Gasteiger charge is -2.35. The number of para-hydroxylation sites is 1. The van der Waals surface area contributed by atoms with Gasteiger partial charge in [-0.25, -0.2) is 0 Å². The van der Waals surface area contributed by atoms with Crippen molar-refractivity contribution in [1.82, 2.24) is 4.90 Å². The van der Waals surface area contributed by atoms with E-state index in [2.05, 4.69) is 17.4 Å². The summed E-state index contributed by atoms with van der Waals surface area (Å²) in [6, 6.07) is 10.6. The van der Waals surface area contributed by atoms with Crippen LogP contribution in [0, 0.1) is 5.92 Å². The molecule has 114 valence electrons. The molecule has 2 fully saturated rings. The van der Waals surface area contributed by atoms with E-state index in [1.807, 2.05) is 23.1 Å². The van der Waals surface area contributed by atoms with Crippen molar-refractivity contribution in [3.8, 4) is 0 Å². The van der Waals surface area contributed by atoms with Gasteiger partial charge in [0.05, 0.1) is 0 Å². The third-order valence-electron chi connectivity index (χ3n) is 4.43. The largest absolute Gasteiger partial charge is 0.381 e. The van der Waals surface area contributed by atoms with Crippen LogP contribution in [0.3, 0.4) is 0 Å². The lowest BCUT2D eigenvalue weighted by Crippen LogP contribution is -2.49. The van der Waals surface area contributed by atoms with Gasteiger partial charge in [-0.05, 0) is 43.7 Å². The third-order valence-corrected chi connectivity index (χ3v) is 4.43. The van der Waals surface area contributed by atoms with Crippen molar-refractivity contribution >= 4 is 11.6 Å². The second kappa shape index (κ2) is 6.48. The molecule has 4 heteroatoms. The maximum Gasteiger partial charge on any atom is 0.252 e. The summed E-state index contributed by atoms with van der Waals surface area (Å²) in [5.74, 6) is 0.629. The second-order valence-electron chi connectivity index (χ2n) is 6.13. The SMILES string of the molecule is CO[C@@H](C(=O)N1CCC[C@H](Nc2ccccc2)C1)C1CC1. The number of methoxy groups -OCH3 is 1. The normalized spacial score (nSPS) is 23.7. The van der Waals surface area contributed by atoms with Crippen LogP contribution in [0.5, 0.6) is 0 Å². The standard InChI is InChI=1S/C17H24N2O2/c1-21-16(13-9-10-13)17(20)19-11-5-8-15(12-19)18-14-6-3-2-4-7-14/h2-4,6-7,13,15-16,18H,5,8-12H2,1H3/t15-,16+/m0/s1. The van der Waals surface area contributed by atoms with Crippen molar-refractivity contribution < 1.29 is 9.53 Å². The molecule has 1 aromatic rings. The number of carbonyl (C=O) groups is 1. The van der Waals surface area contributed by atoms with E-state index >= 15 is 0 Å². The molecule has 1 aromatic carbocycles. The van der Waals surface area contributed by atoms with Gasteiger partial charge in [-0.2, -0.15) is 0 Å². The third kappa shape index (κ3) is 3.56. The minimum absolute atomic E-state index is 0.180. The first-order valence-corrected chi connectivity index (χ1v) is 7.91. The Morgan fingerprint density at radius 3 is 2.71 bits per heavy atom. The summed E-state index contributed by atoms with van der Waals surface area (Å²) >= 11 is 0. The maximum atomic E-state index is 12.6. The molecule has 1 N–H and O–H groups in total. The number of benzene rings is 1. The van der Waals surface area contributed by atoms with Crippen molar-refractivity contribution in [2.45, 2.75) is 37.8 Å². The molecule has 1 aliphatic heterocycles. The van der Waals surface area contributed by atoms with Gasteiger partial charge in [0.25, 0.3) is 5.91 Å². The van der Waals surface area contributed by atoms with Crippen LogP contribution < -0.4 is 5.32 Å². The average Bonchev–Trinajstić information content (AvgIpc) is 3.34. The van der Waals surface area contributed by atoms with Crippen LogP contribution in [0.2, 0.25) is 0 Å². The molecule has 1 aliphatic carbocycles. The van der Waals surface area contributed by atoms with E-state index in [9.17, 15) is 4.79 Å². The Morgan fingerprint density at radius 1 is 1.29 bits per heavy atom. The Morgan fingerprint density at radius 2 is 2.05 bits per heavy atom. The first-order valence-electron chi connectivity index (χ1n) is 7.91. The number of likely N-dealkylation sites (tertiary alicyclic amines) is 1. The number of nitrogens with one attached hydrogen (secondary N) is 1. The van der Waals surface area contributed by atoms with Gasteiger partial charge in [0, 0.05) is 31.9 Å². The number of anilines is 1. The number of piperidine rings is 1. The molecule has 21 heavy (non-hydrogen) atoms. The van der Waals surface area contributed by atoms with Crippen LogP contribution in [-0.4, -0.2) is 43.2 Å². The zero-order valence-electron chi connectivity index (χ0n) is 12.6. The number of nitrogens with zero attached hydrogens (tertiary/aromatic N) is 1. The molecular weight excluding hydrogens is 264 g/mol. The lowest BCUT2D eigenvalue weighted by molar-refractivity contribution is -0.144. The van der Waals surface area contributed by atoms with Crippen LogP contribution >= 0.6 is 0 Å². The van der Waals surface area contributed by atoms with Gasteiger partial charge in [-0.3, -0.25) is 4.79 Å². The fourth-order valence-corrected chi connectivity index (χ4v) is 3.14. The average molecular weight is 288 g/mol. The Hall–Kier alpha value is -1.55. The molecule has 0 spiro atoms. The quantitative estimate of drug-likeness (QED) is 0.905. The zero-order valence-corrected chi connectivity index (χ0v) is 12.6. The summed E-state index contributed by atoms with van der Waals surface area (Å²) in [6.45, 7) is 1.64. The van der Waals surface area contributed by atoms with Gasteiger partial charge in [-0.15, -0.1) is 0 Å². The Kier molecular flexibility index (Phi) is 4.44. The first-order chi connectivity index (χ1) is 10.3. The van der Waals surface area contributed by atoms with E-state index in [4.69, 9.17) is 4.74 Å². The van der Waals surface area contributed by atoms with E-state index in [-0.39, 0.29) is 12.0 Å². The number of amides is 1. The summed E-state index contributed by atoms with van der Waals surface area (Å²) in [5.41, 5.74) is 1.13. The van der Waals surface area contributed by atoms with Crippen molar-refractivity contribution in [3.05, 3.63) is 30.3 Å². The van der Waals surface area contributed by atoms with E-state index in [1.165, 1.54) is 0 Å². The van der Waals surface area contributed by atoms with E-state index < -0.39 is 0 Å². The molecule has 1 saturated heterocycles. The lowest BCUT2D eigenvalue weighted by atomic mass is 10.0. The zero-order chi connectivity index (χ0) is 14.7. The highest BCUT2D eigenvalue weighted by Gasteiger charge is 2.39. The molecule has 0 bridgehead atoms. The van der Waals surface area contributed by atoms with Crippen LogP contribution in [-0.2, 0) is 9.53 Å². The van der Waals surface area contributed by atoms with Crippen LogP contribution in [0.15, 0.2) is 30.3 Å². The number of hydrogen-bond donors (Lipinski definition) is 1. The number of rotatable bonds is 5. The monoisotopic (exact) mass is 288 g/mol. The predicted molar refractivity (Wildman–Crippen MR) is 83.2 cm³/mol. The van der Waals surface area contributed by atoms with Crippen LogP contribution in [0.4, 0.5) is 5.69 Å². The highest BCUT2D eigenvalue weighted by Crippen LogP contribution is 2.35. The van der Waals surface area contributed by atoms with E-state index in [0.29, 0.717) is 12.0 Å². The highest BCUT2D eigenvalue weighted by atomic mass is 16.5. The Bertz CT molecular complexity index is 473. The smallest absolute Gasteiger partial charge is 0.252 e. The molecule has 0 aromatic heterocycles. The fraction of sp³-hybridized carbons (Fsp3) is 0.588. The fourth-order valence-electron chi connectivity index (χ4n) is 3.14. The second-order valence-corrected chi connectivity index (χ2v) is 6.13. The minimum atomic E-state index is -0.222. The van der Waals surface area contributed by atoms with E-state index in [0.717, 1.165) is 44.5 Å². The van der Waals surface area contributed by atoms with Crippen LogP contribution in [0.25, 0.3) is 0 Å². The number of ether oxygens (including phenoxy) is 1. The van der Waals surface area contributed by atoms with Gasteiger partial charge >= 0.3 is 0 Å². The first kappa shape index (κ1) is 14.4. The summed E-state index contributed by atoms with van der Waals surface area (Å²) in [7, 11) is 1.66. The molecule has 1 amide bonds. The van der Waals surface area contributed by atoms with Crippen LogP contribution in [0.1, 0.15) is 25.7 Å². The van der Waals surface area contributed by atoms with Gasteiger partial charge < -0.3 is 15.0 Å². The molecule has 2 aliphatic rings. The summed E-state index contributed by atoms with van der Waals surface area (Å²) < 4.78 is 5.43. The molecule has 1 saturated carbocycles. The molecule has 0 unspecified atom stereocenters. The van der Waals surface area contributed by atoms with Crippen molar-refractivity contribution in [2.75, 3.05) is 25.5 Å². The summed E-state index contributed by atoms with van der Waals surface area (Å²) in [5, 5.41) is 3.53. The van der Waals surface area contributed by atoms with Gasteiger partial charge in [0.1, 0.15) is 6.10 Å². The van der Waals surface area contributed by atoms with E-state index in [1.54, 1.807) is 7.11 Å². The highest BCUT2D eigenvalue weighted by molar-refractivity contribution is 5.81. The summed E-state index contributed by atoms with van der Waals surface area (Å²) in [4.78, 5) is 14.6. The van der Waals surface area contributed by atoms with Gasteiger partial charge in [0.2, 0.25) is 0 Å². The minimum Gasteiger partial charge on any atom is -0.381 e. The van der Waals surface area contributed by atoms with Gasteiger partial charge in [-0.1, -0.05) is 18.2 Å². The van der Waals surface area contributed by atoms with Crippen molar-refractivity contribution in [1.29, 1.82) is 0 Å². The maximum absolute atomic E-state index is 12.6.